The van der Waals surface area contributed by atoms with Crippen LogP contribution in [0.15, 0.2) is 24.5 Å². The van der Waals surface area contributed by atoms with Crippen molar-refractivity contribution in [1.82, 2.24) is 15.0 Å². The molecule has 0 aromatic carbocycles. The molecule has 0 aliphatic rings. The second kappa shape index (κ2) is 4.71. The van der Waals surface area contributed by atoms with E-state index in [0.29, 0.717) is 5.56 Å². The monoisotopic (exact) mass is 271 g/mol. The average molecular weight is 271 g/mol. The van der Waals surface area contributed by atoms with Crippen LogP contribution in [0.5, 0.6) is 0 Å². The van der Waals surface area contributed by atoms with E-state index in [0.717, 1.165) is 6.20 Å². The summed E-state index contributed by atoms with van der Waals surface area (Å²) < 4.78 is 41.6. The zero-order valence-electron chi connectivity index (χ0n) is 9.65. The number of aromatic amines is 1. The first-order chi connectivity index (χ1) is 8.91. The molecule has 0 aliphatic heterocycles. The highest BCUT2D eigenvalue weighted by Gasteiger charge is 2.33. The summed E-state index contributed by atoms with van der Waals surface area (Å²) in [6.45, 7) is 0. The van der Waals surface area contributed by atoms with Crippen LogP contribution in [0.3, 0.4) is 0 Å². The smallest absolute Gasteiger partial charge is 0.434 e. The standard InChI is InChI=1S/C11H8F3N3O2/c1-19-10(18)7-3-2-6(4-15-7)9-16-5-8(17-9)11(12,13)14/h2-5H,1H3,(H,16,17). The Kier molecular flexibility index (Phi) is 3.24. The SMILES string of the molecule is COC(=O)c1ccc(-c2nc(C(F)(F)F)c[nH]2)cn1. The van der Waals surface area contributed by atoms with Gasteiger partial charge in [-0.15, -0.1) is 0 Å². The van der Waals surface area contributed by atoms with Crippen molar-refractivity contribution in [3.05, 3.63) is 35.9 Å². The average Bonchev–Trinajstić information content (AvgIpc) is 2.87. The summed E-state index contributed by atoms with van der Waals surface area (Å²) >= 11 is 0. The van der Waals surface area contributed by atoms with Crippen LogP contribution in [0.4, 0.5) is 13.2 Å². The number of esters is 1. The van der Waals surface area contributed by atoms with Gasteiger partial charge in [-0.2, -0.15) is 13.2 Å². The molecule has 2 rings (SSSR count). The predicted molar refractivity (Wildman–Crippen MR) is 58.2 cm³/mol. The highest BCUT2D eigenvalue weighted by atomic mass is 19.4. The zero-order chi connectivity index (χ0) is 14.0. The molecule has 0 amide bonds. The molecule has 8 heteroatoms. The van der Waals surface area contributed by atoms with Gasteiger partial charge in [-0.25, -0.2) is 14.8 Å². The molecule has 2 aromatic heterocycles. The third kappa shape index (κ3) is 2.72. The van der Waals surface area contributed by atoms with Gasteiger partial charge in [-0.1, -0.05) is 0 Å². The molecule has 0 atom stereocenters. The van der Waals surface area contributed by atoms with E-state index in [9.17, 15) is 18.0 Å². The van der Waals surface area contributed by atoms with Crippen LogP contribution in [0.2, 0.25) is 0 Å². The second-order valence-electron chi connectivity index (χ2n) is 3.56. The highest BCUT2D eigenvalue weighted by Crippen LogP contribution is 2.29. The molecule has 0 fully saturated rings. The molecule has 0 spiro atoms. The maximum atomic E-state index is 12.4. The lowest BCUT2D eigenvalue weighted by atomic mass is 10.2. The summed E-state index contributed by atoms with van der Waals surface area (Å²) in [5.74, 6) is -0.599. The van der Waals surface area contributed by atoms with E-state index in [2.05, 4.69) is 19.7 Å². The maximum Gasteiger partial charge on any atom is 0.434 e. The van der Waals surface area contributed by atoms with Crippen molar-refractivity contribution in [2.45, 2.75) is 6.18 Å². The number of aromatic nitrogens is 3. The molecule has 100 valence electrons. The van der Waals surface area contributed by atoms with Gasteiger partial charge in [0.15, 0.2) is 5.69 Å². The van der Waals surface area contributed by atoms with Crippen LogP contribution >= 0.6 is 0 Å². The molecule has 19 heavy (non-hydrogen) atoms. The van der Waals surface area contributed by atoms with Crippen LogP contribution in [0.1, 0.15) is 16.2 Å². The van der Waals surface area contributed by atoms with Crippen LogP contribution in [0, 0.1) is 0 Å². The summed E-state index contributed by atoms with van der Waals surface area (Å²) in [4.78, 5) is 20.7. The fourth-order valence-electron chi connectivity index (χ4n) is 1.37. The van der Waals surface area contributed by atoms with Gasteiger partial charge in [0.25, 0.3) is 0 Å². The van der Waals surface area contributed by atoms with Crippen molar-refractivity contribution in [3.63, 3.8) is 0 Å². The Morgan fingerprint density at radius 1 is 1.37 bits per heavy atom. The minimum Gasteiger partial charge on any atom is -0.464 e. The molecule has 1 N–H and O–H groups in total. The summed E-state index contributed by atoms with van der Waals surface area (Å²) in [6.07, 6.45) is -2.50. The van der Waals surface area contributed by atoms with Crippen LogP contribution < -0.4 is 0 Å². The van der Waals surface area contributed by atoms with Gasteiger partial charge in [0.2, 0.25) is 0 Å². The number of rotatable bonds is 2. The molecule has 0 saturated heterocycles. The number of hydrogen-bond acceptors (Lipinski definition) is 4. The minimum atomic E-state index is -4.51. The lowest BCUT2D eigenvalue weighted by Crippen LogP contribution is -2.05. The first-order valence-corrected chi connectivity index (χ1v) is 5.09. The second-order valence-corrected chi connectivity index (χ2v) is 3.56. The topological polar surface area (TPSA) is 67.9 Å². The van der Waals surface area contributed by atoms with Gasteiger partial charge >= 0.3 is 12.1 Å². The van der Waals surface area contributed by atoms with Crippen molar-refractivity contribution < 1.29 is 22.7 Å². The van der Waals surface area contributed by atoms with Crippen molar-refractivity contribution in [3.8, 4) is 11.4 Å². The van der Waals surface area contributed by atoms with E-state index in [1.54, 1.807) is 0 Å². The Hall–Kier alpha value is -2.38. The largest absolute Gasteiger partial charge is 0.464 e. The minimum absolute atomic E-state index is 0.0243. The van der Waals surface area contributed by atoms with Gasteiger partial charge in [-0.3, -0.25) is 0 Å². The lowest BCUT2D eigenvalue weighted by Gasteiger charge is -2.01. The number of carbonyl (C=O) groups excluding carboxylic acids is 1. The summed E-state index contributed by atoms with van der Waals surface area (Å²) in [6, 6.07) is 2.77. The first kappa shape index (κ1) is 13.1. The molecule has 0 saturated carbocycles. The number of carbonyl (C=O) groups is 1. The number of methoxy groups -OCH3 is 1. The fourth-order valence-corrected chi connectivity index (χ4v) is 1.37. The number of alkyl halides is 3. The zero-order valence-corrected chi connectivity index (χ0v) is 9.65. The van der Waals surface area contributed by atoms with Crippen LogP contribution in [0.25, 0.3) is 11.4 Å². The Bertz CT molecular complexity index is 590. The quantitative estimate of drug-likeness (QED) is 0.851. The van der Waals surface area contributed by atoms with Crippen LogP contribution in [-0.4, -0.2) is 28.0 Å². The van der Waals surface area contributed by atoms with Crippen molar-refractivity contribution >= 4 is 5.97 Å². The van der Waals surface area contributed by atoms with Gasteiger partial charge in [0.1, 0.15) is 11.5 Å². The van der Waals surface area contributed by atoms with Crippen molar-refractivity contribution in [1.29, 1.82) is 0 Å². The van der Waals surface area contributed by atoms with E-state index < -0.39 is 17.8 Å². The molecule has 2 heterocycles. The van der Waals surface area contributed by atoms with Gasteiger partial charge in [0.05, 0.1) is 7.11 Å². The van der Waals surface area contributed by atoms with Gasteiger partial charge in [-0.05, 0) is 12.1 Å². The number of pyridine rings is 1. The molecule has 5 nitrogen and oxygen atoms in total. The third-order valence-electron chi connectivity index (χ3n) is 2.30. The molecular formula is C11H8F3N3O2. The number of nitrogens with one attached hydrogen (secondary N) is 1. The molecule has 0 aliphatic carbocycles. The Morgan fingerprint density at radius 3 is 2.58 bits per heavy atom. The lowest BCUT2D eigenvalue weighted by molar-refractivity contribution is -0.140. The third-order valence-corrected chi connectivity index (χ3v) is 2.30. The highest BCUT2D eigenvalue weighted by molar-refractivity contribution is 5.87. The predicted octanol–water partition coefficient (Wildman–Crippen LogP) is 2.28. The summed E-state index contributed by atoms with van der Waals surface area (Å²) in [5, 5.41) is 0. The molecule has 0 bridgehead atoms. The van der Waals surface area contributed by atoms with E-state index in [4.69, 9.17) is 0 Å². The fraction of sp³-hybridized carbons (Fsp3) is 0.182. The van der Waals surface area contributed by atoms with E-state index in [1.807, 2.05) is 0 Å². The van der Waals surface area contributed by atoms with Crippen LogP contribution in [-0.2, 0) is 10.9 Å². The van der Waals surface area contributed by atoms with Crippen molar-refractivity contribution in [2.24, 2.45) is 0 Å². The Morgan fingerprint density at radius 2 is 2.11 bits per heavy atom. The molecule has 0 radical (unpaired) electrons. The van der Waals surface area contributed by atoms with Gasteiger partial charge in [0, 0.05) is 18.0 Å². The Balaban J connectivity index is 2.28. The van der Waals surface area contributed by atoms with E-state index in [1.165, 1.54) is 25.4 Å². The van der Waals surface area contributed by atoms with E-state index >= 15 is 0 Å². The first-order valence-electron chi connectivity index (χ1n) is 5.09. The molecular weight excluding hydrogens is 263 g/mol. The van der Waals surface area contributed by atoms with E-state index in [-0.39, 0.29) is 11.5 Å². The number of imidazole rings is 1. The summed E-state index contributed by atoms with van der Waals surface area (Å²) in [5.41, 5.74) is -0.614. The molecule has 2 aromatic rings. The number of H-pyrrole nitrogens is 1. The summed E-state index contributed by atoms with van der Waals surface area (Å²) in [7, 11) is 1.21. The van der Waals surface area contributed by atoms with Gasteiger partial charge < -0.3 is 9.72 Å². The Labute approximate surface area is 105 Å². The molecule has 0 unspecified atom stereocenters. The normalized spacial score (nSPS) is 11.4. The van der Waals surface area contributed by atoms with Crippen molar-refractivity contribution in [2.75, 3.05) is 7.11 Å². The number of ether oxygens (including phenoxy) is 1. The number of nitrogens with zero attached hydrogens (tertiary/aromatic N) is 2. The number of hydrogen-bond donors (Lipinski definition) is 1. The number of halogens is 3. The maximum absolute atomic E-state index is 12.4.